The second-order valence-corrected chi connectivity index (χ2v) is 9.18. The van der Waals surface area contributed by atoms with E-state index < -0.39 is 21.2 Å². The van der Waals surface area contributed by atoms with Gasteiger partial charge in [-0.1, -0.05) is 89.8 Å². The van der Waals surface area contributed by atoms with Crippen molar-refractivity contribution in [2.75, 3.05) is 0 Å². The molecule has 0 amide bonds. The third-order valence-corrected chi connectivity index (χ3v) is 7.12. The Morgan fingerprint density at radius 1 is 0.800 bits per heavy atom. The van der Waals surface area contributed by atoms with Crippen LogP contribution in [0.4, 0.5) is 0 Å². The Labute approximate surface area is 154 Å². The summed E-state index contributed by atoms with van der Waals surface area (Å²) in [5.74, 6) is 0. The molecule has 0 heterocycles. The van der Waals surface area contributed by atoms with Crippen molar-refractivity contribution in [1.82, 2.24) is 0 Å². The molecule has 0 aliphatic heterocycles. The summed E-state index contributed by atoms with van der Waals surface area (Å²) in [7, 11) is -3.49. The lowest BCUT2D eigenvalue weighted by molar-refractivity contribution is 0.150. The van der Waals surface area contributed by atoms with E-state index in [0.29, 0.717) is 17.7 Å². The van der Waals surface area contributed by atoms with Crippen molar-refractivity contribution in [2.24, 2.45) is 0 Å². The van der Waals surface area contributed by atoms with E-state index in [2.05, 4.69) is 13.8 Å². The zero-order chi connectivity index (χ0) is 18.5. The Morgan fingerprint density at radius 2 is 1.32 bits per heavy atom. The number of benzene rings is 1. The van der Waals surface area contributed by atoms with Gasteiger partial charge in [-0.15, -0.1) is 0 Å². The number of unbranched alkanes of at least 4 members (excludes halogenated alkanes) is 7. The molecule has 2 unspecified atom stereocenters. The molecule has 144 valence electrons. The van der Waals surface area contributed by atoms with Crippen LogP contribution in [0.1, 0.15) is 84.5 Å². The Kier molecular flexibility index (Phi) is 11.1. The van der Waals surface area contributed by atoms with Crippen LogP contribution in [0.3, 0.4) is 0 Å². The maximum absolute atomic E-state index is 13.0. The molecule has 2 atom stereocenters. The first-order chi connectivity index (χ1) is 12.0. The molecule has 1 aromatic rings. The van der Waals surface area contributed by atoms with Crippen LogP contribution in [-0.2, 0) is 9.84 Å². The van der Waals surface area contributed by atoms with Crippen molar-refractivity contribution in [3.8, 4) is 0 Å². The van der Waals surface area contributed by atoms with Gasteiger partial charge in [-0.2, -0.15) is 0 Å². The standard InChI is InChI=1S/C21H36O3S/c1-3-5-7-9-14-18-21(20(22)17-13-8-6-4-2)25(23,24)19-15-11-10-12-16-19/h10-12,15-16,20-22H,3-9,13-14,17-18H2,1-2H3. The minimum Gasteiger partial charge on any atom is -0.392 e. The van der Waals surface area contributed by atoms with E-state index in [9.17, 15) is 13.5 Å². The molecule has 1 aromatic carbocycles. The van der Waals surface area contributed by atoms with Gasteiger partial charge in [0, 0.05) is 0 Å². The van der Waals surface area contributed by atoms with Gasteiger partial charge in [0.25, 0.3) is 0 Å². The summed E-state index contributed by atoms with van der Waals surface area (Å²) in [6.07, 6.45) is 9.99. The third kappa shape index (κ3) is 7.91. The lowest BCUT2D eigenvalue weighted by Crippen LogP contribution is -2.34. The first-order valence-electron chi connectivity index (χ1n) is 10.0. The topological polar surface area (TPSA) is 54.4 Å². The van der Waals surface area contributed by atoms with Crippen LogP contribution in [-0.4, -0.2) is 24.9 Å². The van der Waals surface area contributed by atoms with Gasteiger partial charge in [0.2, 0.25) is 0 Å². The van der Waals surface area contributed by atoms with Crippen LogP contribution in [0.15, 0.2) is 35.2 Å². The van der Waals surface area contributed by atoms with E-state index in [-0.39, 0.29) is 0 Å². The molecule has 25 heavy (non-hydrogen) atoms. The largest absolute Gasteiger partial charge is 0.392 e. The quantitative estimate of drug-likeness (QED) is 0.440. The van der Waals surface area contributed by atoms with Crippen LogP contribution in [0, 0.1) is 0 Å². The van der Waals surface area contributed by atoms with Crippen LogP contribution in [0.2, 0.25) is 0 Å². The average Bonchev–Trinajstić information content (AvgIpc) is 2.62. The van der Waals surface area contributed by atoms with Crippen molar-refractivity contribution in [3.63, 3.8) is 0 Å². The van der Waals surface area contributed by atoms with Crippen molar-refractivity contribution in [1.29, 1.82) is 0 Å². The maximum atomic E-state index is 13.0. The molecule has 4 heteroatoms. The minimum absolute atomic E-state index is 0.334. The zero-order valence-corrected chi connectivity index (χ0v) is 16.8. The predicted molar refractivity (Wildman–Crippen MR) is 106 cm³/mol. The van der Waals surface area contributed by atoms with Gasteiger partial charge in [-0.05, 0) is 25.0 Å². The van der Waals surface area contributed by atoms with E-state index in [1.165, 1.54) is 12.8 Å². The molecule has 0 saturated carbocycles. The number of hydrogen-bond acceptors (Lipinski definition) is 3. The van der Waals surface area contributed by atoms with E-state index in [1.54, 1.807) is 24.3 Å². The number of sulfone groups is 1. The predicted octanol–water partition coefficient (Wildman–Crippen LogP) is 5.52. The Morgan fingerprint density at radius 3 is 1.92 bits per heavy atom. The Balaban J connectivity index is 2.75. The first-order valence-corrected chi connectivity index (χ1v) is 11.6. The highest BCUT2D eigenvalue weighted by molar-refractivity contribution is 7.92. The van der Waals surface area contributed by atoms with Crippen LogP contribution in [0.25, 0.3) is 0 Å². The average molecular weight is 369 g/mol. The fourth-order valence-corrected chi connectivity index (χ4v) is 5.17. The van der Waals surface area contributed by atoms with Crippen molar-refractivity contribution in [2.45, 2.75) is 101 Å². The molecule has 0 fully saturated rings. The van der Waals surface area contributed by atoms with Crippen molar-refractivity contribution >= 4 is 9.84 Å². The van der Waals surface area contributed by atoms with E-state index in [4.69, 9.17) is 0 Å². The summed E-state index contributed by atoms with van der Waals surface area (Å²) in [5.41, 5.74) is 0. The Hall–Kier alpha value is -0.870. The molecule has 0 spiro atoms. The molecule has 0 bridgehead atoms. The minimum atomic E-state index is -3.49. The van der Waals surface area contributed by atoms with Crippen LogP contribution < -0.4 is 0 Å². The molecule has 3 nitrogen and oxygen atoms in total. The highest BCUT2D eigenvalue weighted by atomic mass is 32.2. The van der Waals surface area contributed by atoms with E-state index >= 15 is 0 Å². The van der Waals surface area contributed by atoms with Gasteiger partial charge < -0.3 is 5.11 Å². The van der Waals surface area contributed by atoms with Gasteiger partial charge in [0.05, 0.1) is 16.2 Å². The summed E-state index contributed by atoms with van der Waals surface area (Å²) in [6, 6.07) is 8.60. The molecule has 0 aliphatic carbocycles. The third-order valence-electron chi connectivity index (χ3n) is 4.85. The summed E-state index contributed by atoms with van der Waals surface area (Å²) < 4.78 is 26.0. The SMILES string of the molecule is CCCCCCCC(C(O)CCCCCC)S(=O)(=O)c1ccccc1. The monoisotopic (exact) mass is 368 g/mol. The molecular weight excluding hydrogens is 332 g/mol. The van der Waals surface area contributed by atoms with Crippen LogP contribution >= 0.6 is 0 Å². The van der Waals surface area contributed by atoms with Gasteiger partial charge >= 0.3 is 0 Å². The molecule has 1 rings (SSSR count). The molecule has 0 radical (unpaired) electrons. The van der Waals surface area contributed by atoms with Crippen molar-refractivity contribution < 1.29 is 13.5 Å². The normalized spacial score (nSPS) is 14.4. The smallest absolute Gasteiger partial charge is 0.183 e. The lowest BCUT2D eigenvalue weighted by Gasteiger charge is -2.23. The molecular formula is C21H36O3S. The second-order valence-electron chi connectivity index (χ2n) is 7.02. The fraction of sp³-hybridized carbons (Fsp3) is 0.714. The Bertz CT molecular complexity index is 540. The zero-order valence-electron chi connectivity index (χ0n) is 16.0. The maximum Gasteiger partial charge on any atom is 0.183 e. The van der Waals surface area contributed by atoms with E-state index in [1.807, 2.05) is 6.07 Å². The summed E-state index contributed by atoms with van der Waals surface area (Å²) >= 11 is 0. The lowest BCUT2D eigenvalue weighted by atomic mass is 10.0. The molecule has 0 aromatic heterocycles. The van der Waals surface area contributed by atoms with Crippen molar-refractivity contribution in [3.05, 3.63) is 30.3 Å². The van der Waals surface area contributed by atoms with Gasteiger partial charge in [-0.3, -0.25) is 0 Å². The summed E-state index contributed by atoms with van der Waals surface area (Å²) in [4.78, 5) is 0.334. The summed E-state index contributed by atoms with van der Waals surface area (Å²) in [5, 5.41) is 9.95. The van der Waals surface area contributed by atoms with Crippen LogP contribution in [0.5, 0.6) is 0 Å². The van der Waals surface area contributed by atoms with Gasteiger partial charge in [-0.25, -0.2) is 8.42 Å². The number of rotatable bonds is 14. The highest BCUT2D eigenvalue weighted by Gasteiger charge is 2.32. The first kappa shape index (κ1) is 22.2. The van der Waals surface area contributed by atoms with Gasteiger partial charge in [0.15, 0.2) is 9.84 Å². The molecule has 0 saturated heterocycles. The number of aliphatic hydroxyl groups excluding tert-OH is 1. The summed E-state index contributed by atoms with van der Waals surface area (Å²) in [6.45, 7) is 4.32. The second kappa shape index (κ2) is 12.5. The highest BCUT2D eigenvalue weighted by Crippen LogP contribution is 2.25. The number of hydrogen-bond donors (Lipinski definition) is 1. The molecule has 1 N–H and O–H groups in total. The number of aliphatic hydroxyl groups is 1. The fourth-order valence-electron chi connectivity index (χ4n) is 3.25. The van der Waals surface area contributed by atoms with Gasteiger partial charge in [0.1, 0.15) is 0 Å². The van der Waals surface area contributed by atoms with E-state index in [0.717, 1.165) is 44.9 Å². The molecule has 0 aliphatic rings.